The molecule has 0 unspecified atom stereocenters. The Balaban J connectivity index is 1.54. The van der Waals surface area contributed by atoms with Crippen molar-refractivity contribution in [3.8, 4) is 5.75 Å². The van der Waals surface area contributed by atoms with Crippen LogP contribution in [0.4, 0.5) is 5.69 Å². The van der Waals surface area contributed by atoms with Crippen LogP contribution in [0.2, 0.25) is 0 Å². The van der Waals surface area contributed by atoms with Crippen LogP contribution in [0.5, 0.6) is 5.75 Å². The fourth-order valence-corrected chi connectivity index (χ4v) is 3.78. The SMILES string of the molecule is COc1ccc(CN2CCN(c3cccc4ccccc34)C(=O)[C@H]2C)cc1. The molecule has 1 fully saturated rings. The van der Waals surface area contributed by atoms with Gasteiger partial charge in [-0.3, -0.25) is 9.69 Å². The number of piperazine rings is 1. The Hall–Kier alpha value is -2.85. The third-order valence-electron chi connectivity index (χ3n) is 5.38. The minimum absolute atomic E-state index is 0.153. The number of carbonyl (C=O) groups excluding carboxylic acids is 1. The van der Waals surface area contributed by atoms with Crippen LogP contribution >= 0.6 is 0 Å². The zero-order valence-electron chi connectivity index (χ0n) is 15.8. The third kappa shape index (κ3) is 3.40. The van der Waals surface area contributed by atoms with Gasteiger partial charge in [-0.25, -0.2) is 0 Å². The number of ether oxygens (including phenoxy) is 1. The Kier molecular flexibility index (Phi) is 4.82. The fraction of sp³-hybridized carbons (Fsp3) is 0.261. The second-order valence-electron chi connectivity index (χ2n) is 6.98. The number of nitrogens with zero attached hydrogens (tertiary/aromatic N) is 2. The van der Waals surface area contributed by atoms with Gasteiger partial charge < -0.3 is 9.64 Å². The van der Waals surface area contributed by atoms with E-state index in [0.717, 1.165) is 35.3 Å². The van der Waals surface area contributed by atoms with Crippen molar-refractivity contribution >= 4 is 22.4 Å². The summed E-state index contributed by atoms with van der Waals surface area (Å²) < 4.78 is 5.22. The Morgan fingerprint density at radius 3 is 2.48 bits per heavy atom. The molecule has 27 heavy (non-hydrogen) atoms. The molecular weight excluding hydrogens is 336 g/mol. The minimum Gasteiger partial charge on any atom is -0.497 e. The molecule has 1 amide bonds. The molecule has 0 radical (unpaired) electrons. The molecule has 0 spiro atoms. The van der Waals surface area contributed by atoms with Crippen LogP contribution in [0.15, 0.2) is 66.7 Å². The van der Waals surface area contributed by atoms with Crippen LogP contribution in [-0.2, 0) is 11.3 Å². The van der Waals surface area contributed by atoms with E-state index in [2.05, 4.69) is 35.2 Å². The van der Waals surface area contributed by atoms with Crippen molar-refractivity contribution in [2.75, 3.05) is 25.1 Å². The quantitative estimate of drug-likeness (QED) is 0.703. The fourth-order valence-electron chi connectivity index (χ4n) is 3.78. The molecule has 0 aromatic heterocycles. The maximum Gasteiger partial charge on any atom is 0.244 e. The third-order valence-corrected chi connectivity index (χ3v) is 5.38. The van der Waals surface area contributed by atoms with E-state index in [-0.39, 0.29) is 11.9 Å². The summed E-state index contributed by atoms with van der Waals surface area (Å²) in [4.78, 5) is 17.3. The molecule has 1 aliphatic heterocycles. The number of anilines is 1. The largest absolute Gasteiger partial charge is 0.497 e. The van der Waals surface area contributed by atoms with Gasteiger partial charge in [-0.1, -0.05) is 48.5 Å². The summed E-state index contributed by atoms with van der Waals surface area (Å²) in [5, 5.41) is 2.29. The average molecular weight is 360 g/mol. The first-order chi connectivity index (χ1) is 13.2. The molecule has 1 aliphatic rings. The van der Waals surface area contributed by atoms with Crippen LogP contribution in [0.25, 0.3) is 10.8 Å². The van der Waals surface area contributed by atoms with Gasteiger partial charge in [-0.05, 0) is 36.1 Å². The zero-order chi connectivity index (χ0) is 18.8. The Bertz CT molecular complexity index is 947. The number of amides is 1. The van der Waals surface area contributed by atoms with E-state index in [1.165, 1.54) is 5.56 Å². The van der Waals surface area contributed by atoms with E-state index >= 15 is 0 Å². The zero-order valence-corrected chi connectivity index (χ0v) is 15.8. The van der Waals surface area contributed by atoms with Gasteiger partial charge in [0.05, 0.1) is 18.8 Å². The predicted molar refractivity (Wildman–Crippen MR) is 109 cm³/mol. The van der Waals surface area contributed by atoms with Crippen molar-refractivity contribution in [3.63, 3.8) is 0 Å². The van der Waals surface area contributed by atoms with E-state index in [1.807, 2.05) is 48.2 Å². The average Bonchev–Trinajstić information content (AvgIpc) is 2.72. The van der Waals surface area contributed by atoms with Gasteiger partial charge in [0.1, 0.15) is 5.75 Å². The summed E-state index contributed by atoms with van der Waals surface area (Å²) in [7, 11) is 1.67. The lowest BCUT2D eigenvalue weighted by Crippen LogP contribution is -2.55. The highest BCUT2D eigenvalue weighted by Gasteiger charge is 2.32. The van der Waals surface area contributed by atoms with Crippen LogP contribution < -0.4 is 9.64 Å². The summed E-state index contributed by atoms with van der Waals surface area (Å²) in [6.07, 6.45) is 0. The molecular formula is C23H24N2O2. The van der Waals surface area contributed by atoms with Gasteiger partial charge in [0.2, 0.25) is 5.91 Å². The van der Waals surface area contributed by atoms with E-state index in [1.54, 1.807) is 7.11 Å². The lowest BCUT2D eigenvalue weighted by molar-refractivity contribution is -0.125. The van der Waals surface area contributed by atoms with Crippen molar-refractivity contribution in [2.24, 2.45) is 0 Å². The monoisotopic (exact) mass is 360 g/mol. The molecule has 0 N–H and O–H groups in total. The molecule has 138 valence electrons. The second kappa shape index (κ2) is 7.41. The standard InChI is InChI=1S/C23H24N2O2/c1-17-23(26)25(22-9-5-7-19-6-3-4-8-21(19)22)15-14-24(17)16-18-10-12-20(27-2)13-11-18/h3-13,17H,14-16H2,1-2H3/t17-/m1/s1. The van der Waals surface area contributed by atoms with E-state index in [9.17, 15) is 4.79 Å². The smallest absolute Gasteiger partial charge is 0.244 e. The van der Waals surface area contributed by atoms with Crippen molar-refractivity contribution in [2.45, 2.75) is 19.5 Å². The number of hydrogen-bond donors (Lipinski definition) is 0. The van der Waals surface area contributed by atoms with E-state index in [0.29, 0.717) is 6.54 Å². The molecule has 0 aliphatic carbocycles. The normalized spacial score (nSPS) is 18.1. The second-order valence-corrected chi connectivity index (χ2v) is 6.98. The Morgan fingerprint density at radius 1 is 0.963 bits per heavy atom. The van der Waals surface area contributed by atoms with Gasteiger partial charge >= 0.3 is 0 Å². The lowest BCUT2D eigenvalue weighted by atomic mass is 10.1. The summed E-state index contributed by atoms with van der Waals surface area (Å²) in [6, 6.07) is 22.3. The Labute approximate surface area is 160 Å². The summed E-state index contributed by atoms with van der Waals surface area (Å²) in [5.74, 6) is 1.01. The number of carbonyl (C=O) groups is 1. The van der Waals surface area contributed by atoms with Crippen molar-refractivity contribution < 1.29 is 9.53 Å². The number of fused-ring (bicyclic) bond motifs is 1. The first-order valence-corrected chi connectivity index (χ1v) is 9.33. The first-order valence-electron chi connectivity index (χ1n) is 9.33. The van der Waals surface area contributed by atoms with Crippen molar-refractivity contribution in [1.82, 2.24) is 4.90 Å². The highest BCUT2D eigenvalue weighted by molar-refractivity contribution is 6.05. The topological polar surface area (TPSA) is 32.8 Å². The predicted octanol–water partition coefficient (Wildman–Crippen LogP) is 4.09. The number of benzene rings is 3. The van der Waals surface area contributed by atoms with Crippen LogP contribution in [0, 0.1) is 0 Å². The van der Waals surface area contributed by atoms with E-state index < -0.39 is 0 Å². The molecule has 0 bridgehead atoms. The molecule has 1 atom stereocenters. The van der Waals surface area contributed by atoms with Gasteiger partial charge in [0, 0.05) is 25.0 Å². The Morgan fingerprint density at radius 2 is 1.70 bits per heavy atom. The van der Waals surface area contributed by atoms with E-state index in [4.69, 9.17) is 4.74 Å². The molecule has 1 saturated heterocycles. The maximum atomic E-state index is 13.1. The van der Waals surface area contributed by atoms with Gasteiger partial charge in [0.15, 0.2) is 0 Å². The van der Waals surface area contributed by atoms with Gasteiger partial charge in [-0.2, -0.15) is 0 Å². The van der Waals surface area contributed by atoms with Crippen molar-refractivity contribution in [1.29, 1.82) is 0 Å². The van der Waals surface area contributed by atoms with Gasteiger partial charge in [0.25, 0.3) is 0 Å². The molecule has 1 heterocycles. The molecule has 0 saturated carbocycles. The lowest BCUT2D eigenvalue weighted by Gasteiger charge is -2.39. The number of methoxy groups -OCH3 is 1. The highest BCUT2D eigenvalue weighted by atomic mass is 16.5. The molecule has 4 heteroatoms. The van der Waals surface area contributed by atoms with Crippen LogP contribution in [0.1, 0.15) is 12.5 Å². The molecule has 4 nitrogen and oxygen atoms in total. The highest BCUT2D eigenvalue weighted by Crippen LogP contribution is 2.29. The van der Waals surface area contributed by atoms with Gasteiger partial charge in [-0.15, -0.1) is 0 Å². The summed E-state index contributed by atoms with van der Waals surface area (Å²) >= 11 is 0. The summed E-state index contributed by atoms with van der Waals surface area (Å²) in [5.41, 5.74) is 2.20. The first kappa shape index (κ1) is 17.6. The molecule has 3 aromatic carbocycles. The summed E-state index contributed by atoms with van der Waals surface area (Å²) in [6.45, 7) is 4.32. The molecule has 3 aromatic rings. The maximum absolute atomic E-state index is 13.1. The van der Waals surface area contributed by atoms with Crippen molar-refractivity contribution in [3.05, 3.63) is 72.3 Å². The number of rotatable bonds is 4. The van der Waals surface area contributed by atoms with Crippen LogP contribution in [0.3, 0.4) is 0 Å². The molecule has 4 rings (SSSR count). The number of hydrogen-bond acceptors (Lipinski definition) is 3. The minimum atomic E-state index is -0.153. The van der Waals surface area contributed by atoms with Crippen LogP contribution in [-0.4, -0.2) is 37.0 Å².